The van der Waals surface area contributed by atoms with Gasteiger partial charge in [-0.25, -0.2) is 0 Å². The zero-order valence-electron chi connectivity index (χ0n) is 16.7. The number of hydrogen-bond acceptors (Lipinski definition) is 3. The Kier molecular flexibility index (Phi) is 7.39. The minimum atomic E-state index is -0.828. The third kappa shape index (κ3) is 5.82. The molecule has 0 saturated carbocycles. The largest absolute Gasteiger partial charge is 0.493 e. The van der Waals surface area contributed by atoms with E-state index < -0.39 is 6.04 Å². The van der Waals surface area contributed by atoms with Gasteiger partial charge in [-0.1, -0.05) is 66.7 Å². The van der Waals surface area contributed by atoms with Gasteiger partial charge in [-0.2, -0.15) is 0 Å². The number of anilines is 1. The molecule has 5 nitrogen and oxygen atoms in total. The van der Waals surface area contributed by atoms with E-state index in [9.17, 15) is 9.59 Å². The van der Waals surface area contributed by atoms with Gasteiger partial charge in [0.05, 0.1) is 6.61 Å². The molecule has 0 aliphatic carbocycles. The number of rotatable bonds is 8. The highest BCUT2D eigenvalue weighted by Crippen LogP contribution is 2.20. The summed E-state index contributed by atoms with van der Waals surface area (Å²) in [6, 6.07) is 24.9. The smallest absolute Gasteiger partial charge is 0.251 e. The molecule has 3 rings (SSSR count). The van der Waals surface area contributed by atoms with Crippen LogP contribution in [-0.2, 0) is 9.59 Å². The number of nitrogens with one attached hydrogen (secondary N) is 2. The quantitative estimate of drug-likeness (QED) is 0.543. The molecule has 0 aromatic heterocycles. The highest BCUT2D eigenvalue weighted by molar-refractivity contribution is 6.00. The normalized spacial score (nSPS) is 11.6. The number of para-hydroxylation sites is 2. The summed E-state index contributed by atoms with van der Waals surface area (Å²) in [5, 5.41) is 5.64. The van der Waals surface area contributed by atoms with E-state index in [2.05, 4.69) is 10.6 Å². The summed E-state index contributed by atoms with van der Waals surface area (Å²) in [6.07, 6.45) is 3.08. The lowest BCUT2D eigenvalue weighted by Gasteiger charge is -2.18. The average Bonchev–Trinajstić information content (AvgIpc) is 2.78. The van der Waals surface area contributed by atoms with E-state index in [0.29, 0.717) is 23.6 Å². The first-order valence-electron chi connectivity index (χ1n) is 9.78. The van der Waals surface area contributed by atoms with Crippen LogP contribution in [-0.4, -0.2) is 18.4 Å². The molecule has 2 amide bonds. The van der Waals surface area contributed by atoms with Crippen molar-refractivity contribution >= 4 is 23.6 Å². The molecule has 0 aliphatic rings. The number of amides is 2. The van der Waals surface area contributed by atoms with Crippen molar-refractivity contribution in [2.45, 2.75) is 13.0 Å². The molecule has 0 radical (unpaired) electrons. The van der Waals surface area contributed by atoms with Crippen molar-refractivity contribution in [2.24, 2.45) is 0 Å². The fourth-order valence-corrected chi connectivity index (χ4v) is 2.94. The highest BCUT2D eigenvalue weighted by Gasteiger charge is 2.22. The molecule has 0 spiro atoms. The van der Waals surface area contributed by atoms with E-state index in [1.165, 1.54) is 6.08 Å². The molecule has 3 aromatic carbocycles. The van der Waals surface area contributed by atoms with Gasteiger partial charge in [-0.3, -0.25) is 9.59 Å². The Bertz CT molecular complexity index is 1000. The fourth-order valence-electron chi connectivity index (χ4n) is 2.94. The average molecular weight is 400 g/mol. The zero-order valence-corrected chi connectivity index (χ0v) is 16.7. The molecule has 3 aromatic rings. The molecule has 0 aliphatic heterocycles. The Morgan fingerprint density at radius 3 is 2.23 bits per heavy atom. The maximum atomic E-state index is 12.9. The summed E-state index contributed by atoms with van der Waals surface area (Å²) < 4.78 is 5.58. The van der Waals surface area contributed by atoms with Gasteiger partial charge in [0.15, 0.2) is 0 Å². The molecule has 0 heterocycles. The van der Waals surface area contributed by atoms with Crippen molar-refractivity contribution in [2.75, 3.05) is 11.9 Å². The second-order valence-electron chi connectivity index (χ2n) is 6.51. The van der Waals surface area contributed by atoms with Crippen LogP contribution in [0.4, 0.5) is 5.69 Å². The van der Waals surface area contributed by atoms with Crippen molar-refractivity contribution in [1.29, 1.82) is 0 Å². The van der Waals surface area contributed by atoms with E-state index in [4.69, 9.17) is 4.74 Å². The lowest BCUT2D eigenvalue weighted by atomic mass is 10.1. The van der Waals surface area contributed by atoms with E-state index in [1.807, 2.05) is 79.7 Å². The zero-order chi connectivity index (χ0) is 21.2. The Balaban J connectivity index is 1.76. The third-order valence-electron chi connectivity index (χ3n) is 4.36. The van der Waals surface area contributed by atoms with Gasteiger partial charge in [0.25, 0.3) is 5.91 Å². The fraction of sp³-hybridized carbons (Fsp3) is 0.120. The van der Waals surface area contributed by atoms with Crippen LogP contribution in [0.3, 0.4) is 0 Å². The summed E-state index contributed by atoms with van der Waals surface area (Å²) in [4.78, 5) is 25.5. The van der Waals surface area contributed by atoms with Gasteiger partial charge in [0, 0.05) is 17.3 Å². The van der Waals surface area contributed by atoms with Crippen LogP contribution >= 0.6 is 0 Å². The predicted octanol–water partition coefficient (Wildman–Crippen LogP) is 4.59. The van der Waals surface area contributed by atoms with Crippen LogP contribution < -0.4 is 15.4 Å². The summed E-state index contributed by atoms with van der Waals surface area (Å²) >= 11 is 0. The summed E-state index contributed by atoms with van der Waals surface area (Å²) in [6.45, 7) is 2.44. The van der Waals surface area contributed by atoms with Crippen LogP contribution in [0.5, 0.6) is 5.75 Å². The Morgan fingerprint density at radius 2 is 1.53 bits per heavy atom. The second kappa shape index (κ2) is 10.6. The monoisotopic (exact) mass is 400 g/mol. The number of hydrogen-bond donors (Lipinski definition) is 2. The molecule has 152 valence electrons. The molecule has 0 saturated heterocycles. The Hall–Kier alpha value is -3.86. The number of carbonyl (C=O) groups is 2. The Morgan fingerprint density at radius 1 is 0.900 bits per heavy atom. The standard InChI is InChI=1S/C25H24N2O3/c1-2-30-22-16-10-9-11-19(22)17-18-23(28)27-24(20-12-5-3-6-13-20)25(29)26-21-14-7-4-8-15-21/h3-18,24H,2H2,1H3,(H,26,29)(H,27,28)/b18-17+. The first kappa shape index (κ1) is 20.9. The van der Waals surface area contributed by atoms with Crippen LogP contribution in [0.25, 0.3) is 6.08 Å². The van der Waals surface area contributed by atoms with Crippen molar-refractivity contribution in [3.05, 3.63) is 102 Å². The molecular formula is C25H24N2O3. The molecular weight excluding hydrogens is 376 g/mol. The summed E-state index contributed by atoms with van der Waals surface area (Å²) in [5.74, 6) is 0.00714. The van der Waals surface area contributed by atoms with E-state index in [-0.39, 0.29) is 11.8 Å². The minimum absolute atomic E-state index is 0.316. The van der Waals surface area contributed by atoms with Gasteiger partial charge in [-0.05, 0) is 36.8 Å². The van der Waals surface area contributed by atoms with E-state index in [0.717, 1.165) is 5.56 Å². The number of benzene rings is 3. The molecule has 1 atom stereocenters. The number of carbonyl (C=O) groups excluding carboxylic acids is 2. The van der Waals surface area contributed by atoms with Crippen molar-refractivity contribution in [1.82, 2.24) is 5.32 Å². The molecule has 1 unspecified atom stereocenters. The van der Waals surface area contributed by atoms with Crippen LogP contribution in [0, 0.1) is 0 Å². The third-order valence-corrected chi connectivity index (χ3v) is 4.36. The van der Waals surface area contributed by atoms with Crippen molar-refractivity contribution in [3.63, 3.8) is 0 Å². The maximum Gasteiger partial charge on any atom is 0.251 e. The lowest BCUT2D eigenvalue weighted by molar-refractivity contribution is -0.123. The van der Waals surface area contributed by atoms with Crippen LogP contribution in [0.1, 0.15) is 24.1 Å². The van der Waals surface area contributed by atoms with Gasteiger partial charge in [0.2, 0.25) is 5.91 Å². The molecule has 0 bridgehead atoms. The molecule has 2 N–H and O–H groups in total. The lowest BCUT2D eigenvalue weighted by Crippen LogP contribution is -2.36. The van der Waals surface area contributed by atoms with Gasteiger partial charge >= 0.3 is 0 Å². The van der Waals surface area contributed by atoms with E-state index in [1.54, 1.807) is 18.2 Å². The SMILES string of the molecule is CCOc1ccccc1/C=C/C(=O)NC(C(=O)Nc1ccccc1)c1ccccc1. The second-order valence-corrected chi connectivity index (χ2v) is 6.51. The van der Waals surface area contributed by atoms with Gasteiger partial charge in [0.1, 0.15) is 11.8 Å². The molecule has 5 heteroatoms. The summed E-state index contributed by atoms with van der Waals surface area (Å²) in [7, 11) is 0. The Labute approximate surface area is 176 Å². The molecule has 0 fully saturated rings. The minimum Gasteiger partial charge on any atom is -0.493 e. The first-order chi connectivity index (χ1) is 14.7. The van der Waals surface area contributed by atoms with Crippen molar-refractivity contribution < 1.29 is 14.3 Å². The van der Waals surface area contributed by atoms with Gasteiger partial charge < -0.3 is 15.4 Å². The van der Waals surface area contributed by atoms with Crippen LogP contribution in [0.15, 0.2) is 91.0 Å². The first-order valence-corrected chi connectivity index (χ1v) is 9.78. The number of ether oxygens (including phenoxy) is 1. The molecule has 30 heavy (non-hydrogen) atoms. The van der Waals surface area contributed by atoms with E-state index >= 15 is 0 Å². The summed E-state index contributed by atoms with van der Waals surface area (Å²) in [5.41, 5.74) is 2.15. The highest BCUT2D eigenvalue weighted by atomic mass is 16.5. The van der Waals surface area contributed by atoms with Crippen molar-refractivity contribution in [3.8, 4) is 5.75 Å². The van der Waals surface area contributed by atoms with Crippen LogP contribution in [0.2, 0.25) is 0 Å². The maximum absolute atomic E-state index is 12.9. The van der Waals surface area contributed by atoms with Gasteiger partial charge in [-0.15, -0.1) is 0 Å². The predicted molar refractivity (Wildman–Crippen MR) is 119 cm³/mol. The topological polar surface area (TPSA) is 67.4 Å².